The van der Waals surface area contributed by atoms with E-state index in [0.717, 1.165) is 16.7 Å². The Labute approximate surface area is 177 Å². The van der Waals surface area contributed by atoms with Gasteiger partial charge >= 0.3 is 0 Å². The Morgan fingerprint density at radius 1 is 0.833 bits per heavy atom. The van der Waals surface area contributed by atoms with Gasteiger partial charge in [-0.25, -0.2) is 28.1 Å². The normalized spacial score (nSPS) is 11.3. The van der Waals surface area contributed by atoms with Gasteiger partial charge < -0.3 is 10.6 Å². The first-order valence-electron chi connectivity index (χ1n) is 9.61. The van der Waals surface area contributed by atoms with Crippen LogP contribution in [-0.4, -0.2) is 36.5 Å². The topological polar surface area (TPSA) is 109 Å². The number of hydrogen-bond donors (Lipinski definition) is 3. The standard InChI is InChI=1S/C21H26N6O2S/c1-15-4-6-18(7-5-15)14-30(28,29)24-11-10-23-20-13-21(26-17(3)25-20)27-19-12-16(2)8-9-22-19/h4-9,12-13,24H,10-11,14H2,1-3H3,(H2,22,23,25,26,27). The lowest BCUT2D eigenvalue weighted by molar-refractivity contribution is 0.582. The van der Waals surface area contributed by atoms with Gasteiger partial charge in [-0.3, -0.25) is 0 Å². The zero-order chi connectivity index (χ0) is 21.6. The molecule has 1 aromatic carbocycles. The van der Waals surface area contributed by atoms with Crippen molar-refractivity contribution in [1.82, 2.24) is 19.7 Å². The van der Waals surface area contributed by atoms with Crippen LogP contribution in [0, 0.1) is 20.8 Å². The van der Waals surface area contributed by atoms with Crippen molar-refractivity contribution in [3.8, 4) is 0 Å². The van der Waals surface area contributed by atoms with E-state index in [1.165, 1.54) is 0 Å². The summed E-state index contributed by atoms with van der Waals surface area (Å²) in [7, 11) is -3.41. The van der Waals surface area contributed by atoms with Crippen LogP contribution in [0.3, 0.4) is 0 Å². The average molecular weight is 427 g/mol. The molecule has 9 heteroatoms. The van der Waals surface area contributed by atoms with Crippen LogP contribution in [0.2, 0.25) is 0 Å². The quantitative estimate of drug-likeness (QED) is 0.451. The first-order valence-corrected chi connectivity index (χ1v) is 11.3. The molecule has 0 saturated carbocycles. The van der Waals surface area contributed by atoms with Gasteiger partial charge in [0.15, 0.2) is 0 Å². The van der Waals surface area contributed by atoms with Crippen molar-refractivity contribution in [2.45, 2.75) is 26.5 Å². The van der Waals surface area contributed by atoms with Crippen LogP contribution in [0.15, 0.2) is 48.7 Å². The lowest BCUT2D eigenvalue weighted by Gasteiger charge is -2.11. The van der Waals surface area contributed by atoms with Crippen LogP contribution in [0.5, 0.6) is 0 Å². The number of nitrogens with one attached hydrogen (secondary N) is 3. The number of nitrogens with zero attached hydrogens (tertiary/aromatic N) is 3. The molecule has 0 unspecified atom stereocenters. The highest BCUT2D eigenvalue weighted by molar-refractivity contribution is 7.88. The lowest BCUT2D eigenvalue weighted by Crippen LogP contribution is -2.30. The summed E-state index contributed by atoms with van der Waals surface area (Å²) in [5.41, 5.74) is 2.95. The van der Waals surface area contributed by atoms with Crippen LogP contribution < -0.4 is 15.4 Å². The molecule has 0 spiro atoms. The van der Waals surface area contributed by atoms with Gasteiger partial charge in [0.2, 0.25) is 10.0 Å². The number of pyridine rings is 1. The van der Waals surface area contributed by atoms with Crippen molar-refractivity contribution in [2.24, 2.45) is 0 Å². The molecule has 2 heterocycles. The molecule has 30 heavy (non-hydrogen) atoms. The first kappa shape index (κ1) is 21.7. The van der Waals surface area contributed by atoms with Crippen molar-refractivity contribution < 1.29 is 8.42 Å². The minimum absolute atomic E-state index is 0.0442. The SMILES string of the molecule is Cc1ccc(CS(=O)(=O)NCCNc2cc(Nc3cc(C)ccn3)nc(C)n2)cc1. The fraction of sp³-hybridized carbons (Fsp3) is 0.286. The number of hydrogen-bond acceptors (Lipinski definition) is 7. The Hall–Kier alpha value is -3.04. The molecule has 158 valence electrons. The van der Waals surface area contributed by atoms with E-state index >= 15 is 0 Å². The highest BCUT2D eigenvalue weighted by Crippen LogP contribution is 2.16. The summed E-state index contributed by atoms with van der Waals surface area (Å²) >= 11 is 0. The van der Waals surface area contributed by atoms with Gasteiger partial charge in [-0.1, -0.05) is 29.8 Å². The molecule has 0 aliphatic rings. The van der Waals surface area contributed by atoms with Gasteiger partial charge in [-0.05, 0) is 44.0 Å². The largest absolute Gasteiger partial charge is 0.369 e. The van der Waals surface area contributed by atoms with Gasteiger partial charge in [0.25, 0.3) is 0 Å². The summed E-state index contributed by atoms with van der Waals surface area (Å²) in [6.07, 6.45) is 1.73. The van der Waals surface area contributed by atoms with Crippen LogP contribution in [-0.2, 0) is 15.8 Å². The predicted molar refractivity (Wildman–Crippen MR) is 119 cm³/mol. The fourth-order valence-electron chi connectivity index (χ4n) is 2.81. The van der Waals surface area contributed by atoms with E-state index in [0.29, 0.717) is 29.8 Å². The number of aromatic nitrogens is 3. The van der Waals surface area contributed by atoms with Crippen LogP contribution in [0.1, 0.15) is 22.5 Å². The summed E-state index contributed by atoms with van der Waals surface area (Å²) < 4.78 is 27.1. The molecule has 8 nitrogen and oxygen atoms in total. The molecule has 3 N–H and O–H groups in total. The third-order valence-corrected chi connectivity index (χ3v) is 5.60. The summed E-state index contributed by atoms with van der Waals surface area (Å²) in [5.74, 6) is 2.47. The molecule has 0 saturated heterocycles. The minimum Gasteiger partial charge on any atom is -0.369 e. The third-order valence-electron chi connectivity index (χ3n) is 4.24. The highest BCUT2D eigenvalue weighted by atomic mass is 32.2. The van der Waals surface area contributed by atoms with Gasteiger partial charge in [0, 0.05) is 25.4 Å². The zero-order valence-corrected chi connectivity index (χ0v) is 18.1. The maximum absolute atomic E-state index is 12.3. The smallest absolute Gasteiger partial charge is 0.215 e. The summed E-state index contributed by atoms with van der Waals surface area (Å²) in [6, 6.07) is 13.1. The Morgan fingerprint density at radius 3 is 2.30 bits per heavy atom. The number of benzene rings is 1. The molecule has 0 amide bonds. The van der Waals surface area contributed by atoms with E-state index in [9.17, 15) is 8.42 Å². The molecule has 2 aromatic heterocycles. The number of aryl methyl sites for hydroxylation is 3. The van der Waals surface area contributed by atoms with Crippen LogP contribution in [0.25, 0.3) is 0 Å². The maximum atomic E-state index is 12.3. The van der Waals surface area contributed by atoms with Crippen molar-refractivity contribution in [3.63, 3.8) is 0 Å². The van der Waals surface area contributed by atoms with E-state index in [1.807, 2.05) is 50.2 Å². The summed E-state index contributed by atoms with van der Waals surface area (Å²) in [4.78, 5) is 13.0. The van der Waals surface area contributed by atoms with Crippen LogP contribution in [0.4, 0.5) is 17.5 Å². The summed E-state index contributed by atoms with van der Waals surface area (Å²) in [6.45, 7) is 6.40. The Morgan fingerprint density at radius 2 is 1.57 bits per heavy atom. The maximum Gasteiger partial charge on any atom is 0.215 e. The van der Waals surface area contributed by atoms with Gasteiger partial charge in [0.1, 0.15) is 23.3 Å². The third kappa shape index (κ3) is 6.78. The molecule has 0 aliphatic carbocycles. The van der Waals surface area contributed by atoms with Gasteiger partial charge in [0.05, 0.1) is 5.75 Å². The Balaban J connectivity index is 1.53. The van der Waals surface area contributed by atoms with Crippen molar-refractivity contribution in [2.75, 3.05) is 23.7 Å². The lowest BCUT2D eigenvalue weighted by atomic mass is 10.2. The van der Waals surface area contributed by atoms with Crippen LogP contribution >= 0.6 is 0 Å². The fourth-order valence-corrected chi connectivity index (χ4v) is 3.96. The molecular weight excluding hydrogens is 400 g/mol. The van der Waals surface area contributed by atoms with E-state index in [2.05, 4.69) is 30.3 Å². The number of rotatable bonds is 9. The molecule has 0 fully saturated rings. The van der Waals surface area contributed by atoms with Gasteiger partial charge in [-0.15, -0.1) is 0 Å². The second-order valence-corrected chi connectivity index (χ2v) is 8.90. The summed E-state index contributed by atoms with van der Waals surface area (Å²) in [5, 5.41) is 6.29. The molecular formula is C21H26N6O2S. The Kier molecular flexibility index (Phi) is 6.96. The van der Waals surface area contributed by atoms with E-state index < -0.39 is 10.0 Å². The minimum atomic E-state index is -3.41. The van der Waals surface area contributed by atoms with E-state index in [1.54, 1.807) is 19.2 Å². The molecule has 0 bridgehead atoms. The van der Waals surface area contributed by atoms with E-state index in [-0.39, 0.29) is 12.3 Å². The number of anilines is 3. The molecule has 3 rings (SSSR count). The number of sulfonamides is 1. The first-order chi connectivity index (χ1) is 14.3. The second-order valence-electron chi connectivity index (χ2n) is 7.09. The van der Waals surface area contributed by atoms with Crippen molar-refractivity contribution in [3.05, 3.63) is 71.2 Å². The Bertz CT molecular complexity index is 1100. The monoisotopic (exact) mass is 426 g/mol. The molecule has 0 aliphatic heterocycles. The average Bonchev–Trinajstić information content (AvgIpc) is 2.67. The highest BCUT2D eigenvalue weighted by Gasteiger charge is 2.11. The second kappa shape index (κ2) is 9.64. The van der Waals surface area contributed by atoms with Crippen molar-refractivity contribution in [1.29, 1.82) is 0 Å². The van der Waals surface area contributed by atoms with Crippen molar-refractivity contribution >= 4 is 27.5 Å². The molecule has 3 aromatic rings. The van der Waals surface area contributed by atoms with E-state index in [4.69, 9.17) is 0 Å². The van der Waals surface area contributed by atoms with Gasteiger partial charge in [-0.2, -0.15) is 0 Å². The zero-order valence-electron chi connectivity index (χ0n) is 17.3. The predicted octanol–water partition coefficient (Wildman–Crippen LogP) is 3.07. The molecule has 0 radical (unpaired) electrons. The molecule has 0 atom stereocenters.